The molecule has 23 heavy (non-hydrogen) atoms. The van der Waals surface area contributed by atoms with Crippen molar-refractivity contribution in [2.24, 2.45) is 5.92 Å². The standard InChI is InChI=1S/C18H35N3O2/c1-16-6-5-7-17(14-16)19-18(23)15-21-11-9-20(10-12-21)8-3-2-4-13-22/h16-17,22H,2-15H2,1H3,(H,19,23). The highest BCUT2D eigenvalue weighted by Gasteiger charge is 2.22. The lowest BCUT2D eigenvalue weighted by atomic mass is 9.87. The summed E-state index contributed by atoms with van der Waals surface area (Å²) in [5, 5.41) is 12.0. The number of nitrogens with one attached hydrogen (secondary N) is 1. The van der Waals surface area contributed by atoms with E-state index in [1.54, 1.807) is 0 Å². The number of hydrogen-bond acceptors (Lipinski definition) is 4. The van der Waals surface area contributed by atoms with Gasteiger partial charge in [-0.1, -0.05) is 19.8 Å². The van der Waals surface area contributed by atoms with Crippen molar-refractivity contribution in [1.82, 2.24) is 15.1 Å². The number of piperazine rings is 1. The van der Waals surface area contributed by atoms with Gasteiger partial charge in [-0.25, -0.2) is 0 Å². The predicted molar refractivity (Wildman–Crippen MR) is 93.4 cm³/mol. The van der Waals surface area contributed by atoms with Gasteiger partial charge in [-0.05, 0) is 44.6 Å². The molecule has 0 aromatic heterocycles. The molecule has 0 bridgehead atoms. The molecule has 1 aliphatic carbocycles. The number of rotatable bonds is 8. The zero-order valence-electron chi connectivity index (χ0n) is 14.8. The maximum atomic E-state index is 12.2. The summed E-state index contributed by atoms with van der Waals surface area (Å²) >= 11 is 0. The van der Waals surface area contributed by atoms with Crippen LogP contribution in [-0.2, 0) is 4.79 Å². The summed E-state index contributed by atoms with van der Waals surface area (Å²) in [7, 11) is 0. The van der Waals surface area contributed by atoms with Gasteiger partial charge in [0.25, 0.3) is 0 Å². The molecule has 2 aliphatic rings. The van der Waals surface area contributed by atoms with E-state index in [4.69, 9.17) is 5.11 Å². The molecular weight excluding hydrogens is 290 g/mol. The summed E-state index contributed by atoms with van der Waals surface area (Å²) in [6, 6.07) is 0.402. The third kappa shape index (κ3) is 7.19. The first kappa shape index (κ1) is 18.7. The largest absolute Gasteiger partial charge is 0.396 e. The lowest BCUT2D eigenvalue weighted by Gasteiger charge is -2.35. The van der Waals surface area contributed by atoms with Gasteiger partial charge >= 0.3 is 0 Å². The van der Waals surface area contributed by atoms with E-state index >= 15 is 0 Å². The van der Waals surface area contributed by atoms with Crippen LogP contribution in [-0.4, -0.2) is 72.7 Å². The molecule has 0 spiro atoms. The number of nitrogens with zero attached hydrogens (tertiary/aromatic N) is 2. The third-order valence-corrected chi connectivity index (χ3v) is 5.27. The van der Waals surface area contributed by atoms with Crippen LogP contribution in [0.5, 0.6) is 0 Å². The highest BCUT2D eigenvalue weighted by molar-refractivity contribution is 5.78. The van der Waals surface area contributed by atoms with Gasteiger partial charge in [-0.2, -0.15) is 0 Å². The van der Waals surface area contributed by atoms with Crippen LogP contribution in [0.4, 0.5) is 0 Å². The average Bonchev–Trinajstić information content (AvgIpc) is 2.53. The lowest BCUT2D eigenvalue weighted by Crippen LogP contribution is -2.50. The van der Waals surface area contributed by atoms with E-state index in [9.17, 15) is 4.79 Å². The van der Waals surface area contributed by atoms with Crippen molar-refractivity contribution in [3.8, 4) is 0 Å². The van der Waals surface area contributed by atoms with Crippen LogP contribution >= 0.6 is 0 Å². The Labute approximate surface area is 141 Å². The van der Waals surface area contributed by atoms with Gasteiger partial charge in [0.05, 0.1) is 6.54 Å². The number of aliphatic hydroxyl groups is 1. The minimum absolute atomic E-state index is 0.209. The summed E-state index contributed by atoms with van der Waals surface area (Å²) in [6.07, 6.45) is 8.05. The van der Waals surface area contributed by atoms with Gasteiger partial charge in [-0.3, -0.25) is 9.69 Å². The van der Waals surface area contributed by atoms with Crippen molar-refractivity contribution in [3.63, 3.8) is 0 Å². The van der Waals surface area contributed by atoms with Gasteiger partial charge < -0.3 is 15.3 Å². The molecule has 5 heteroatoms. The number of unbranched alkanes of at least 4 members (excludes halogenated alkanes) is 2. The fraction of sp³-hybridized carbons (Fsp3) is 0.944. The fourth-order valence-electron chi connectivity index (χ4n) is 3.84. The molecule has 0 aromatic rings. The third-order valence-electron chi connectivity index (χ3n) is 5.27. The summed E-state index contributed by atoms with van der Waals surface area (Å²) < 4.78 is 0. The Morgan fingerprint density at radius 2 is 1.83 bits per heavy atom. The molecule has 2 N–H and O–H groups in total. The number of aliphatic hydroxyl groups excluding tert-OH is 1. The van der Waals surface area contributed by atoms with Gasteiger partial charge in [-0.15, -0.1) is 0 Å². The normalized spacial score (nSPS) is 27.0. The van der Waals surface area contributed by atoms with Gasteiger partial charge in [0, 0.05) is 38.8 Å². The Bertz CT molecular complexity index is 343. The zero-order chi connectivity index (χ0) is 16.5. The van der Waals surface area contributed by atoms with E-state index in [1.807, 2.05) is 0 Å². The SMILES string of the molecule is CC1CCCC(NC(=O)CN2CCN(CCCCCO)CC2)C1. The summed E-state index contributed by atoms with van der Waals surface area (Å²) in [5.41, 5.74) is 0. The Kier molecular flexibility index (Phi) is 8.34. The minimum atomic E-state index is 0.209. The number of hydrogen-bond donors (Lipinski definition) is 2. The molecule has 1 saturated heterocycles. The monoisotopic (exact) mass is 325 g/mol. The van der Waals surface area contributed by atoms with E-state index in [-0.39, 0.29) is 5.91 Å². The molecule has 2 fully saturated rings. The van der Waals surface area contributed by atoms with Crippen LogP contribution in [0.1, 0.15) is 51.9 Å². The second kappa shape index (κ2) is 10.3. The molecule has 0 aromatic carbocycles. The van der Waals surface area contributed by atoms with E-state index in [0.717, 1.165) is 64.3 Å². The van der Waals surface area contributed by atoms with Gasteiger partial charge in [0.2, 0.25) is 5.91 Å². The molecule has 0 radical (unpaired) electrons. The number of carbonyl (C=O) groups is 1. The molecule has 2 unspecified atom stereocenters. The summed E-state index contributed by atoms with van der Waals surface area (Å²) in [5.74, 6) is 0.962. The molecule has 1 amide bonds. The van der Waals surface area contributed by atoms with E-state index < -0.39 is 0 Å². The highest BCUT2D eigenvalue weighted by atomic mass is 16.2. The lowest BCUT2D eigenvalue weighted by molar-refractivity contribution is -0.123. The quantitative estimate of drug-likeness (QED) is 0.664. The fourth-order valence-corrected chi connectivity index (χ4v) is 3.84. The molecule has 1 saturated carbocycles. The summed E-state index contributed by atoms with van der Waals surface area (Å²) in [6.45, 7) is 8.40. The molecule has 134 valence electrons. The smallest absolute Gasteiger partial charge is 0.234 e. The predicted octanol–water partition coefficient (Wildman–Crippen LogP) is 1.46. The first-order chi connectivity index (χ1) is 11.2. The minimum Gasteiger partial charge on any atom is -0.396 e. The molecule has 1 heterocycles. The average molecular weight is 325 g/mol. The maximum Gasteiger partial charge on any atom is 0.234 e. The molecule has 2 atom stereocenters. The Morgan fingerprint density at radius 3 is 2.52 bits per heavy atom. The van der Waals surface area contributed by atoms with Crippen LogP contribution in [0.25, 0.3) is 0 Å². The van der Waals surface area contributed by atoms with Crippen LogP contribution in [0.3, 0.4) is 0 Å². The highest BCUT2D eigenvalue weighted by Crippen LogP contribution is 2.23. The topological polar surface area (TPSA) is 55.8 Å². The first-order valence-electron chi connectivity index (χ1n) is 9.52. The number of amides is 1. The van der Waals surface area contributed by atoms with Crippen LogP contribution in [0, 0.1) is 5.92 Å². The van der Waals surface area contributed by atoms with Gasteiger partial charge in [0.1, 0.15) is 0 Å². The first-order valence-corrected chi connectivity index (χ1v) is 9.52. The van der Waals surface area contributed by atoms with Crippen molar-refractivity contribution < 1.29 is 9.90 Å². The van der Waals surface area contributed by atoms with E-state index in [1.165, 1.54) is 19.3 Å². The van der Waals surface area contributed by atoms with Crippen LogP contribution < -0.4 is 5.32 Å². The van der Waals surface area contributed by atoms with Crippen LogP contribution in [0.15, 0.2) is 0 Å². The Hall–Kier alpha value is -0.650. The van der Waals surface area contributed by atoms with Crippen molar-refractivity contribution in [3.05, 3.63) is 0 Å². The van der Waals surface area contributed by atoms with Crippen molar-refractivity contribution >= 4 is 5.91 Å². The second-order valence-corrected chi connectivity index (χ2v) is 7.44. The second-order valence-electron chi connectivity index (χ2n) is 7.44. The molecule has 1 aliphatic heterocycles. The molecular formula is C18H35N3O2. The maximum absolute atomic E-state index is 12.2. The van der Waals surface area contributed by atoms with Gasteiger partial charge in [0.15, 0.2) is 0 Å². The van der Waals surface area contributed by atoms with E-state index in [2.05, 4.69) is 22.0 Å². The van der Waals surface area contributed by atoms with Crippen molar-refractivity contribution in [2.75, 3.05) is 45.9 Å². The molecule has 5 nitrogen and oxygen atoms in total. The van der Waals surface area contributed by atoms with E-state index in [0.29, 0.717) is 19.2 Å². The zero-order valence-corrected chi connectivity index (χ0v) is 14.8. The van der Waals surface area contributed by atoms with Crippen molar-refractivity contribution in [1.29, 1.82) is 0 Å². The Balaban J connectivity index is 1.57. The molecule has 2 rings (SSSR count). The van der Waals surface area contributed by atoms with Crippen molar-refractivity contribution in [2.45, 2.75) is 57.9 Å². The summed E-state index contributed by atoms with van der Waals surface area (Å²) in [4.78, 5) is 17.0. The van der Waals surface area contributed by atoms with Crippen LogP contribution in [0.2, 0.25) is 0 Å². The Morgan fingerprint density at radius 1 is 1.09 bits per heavy atom. The number of carbonyl (C=O) groups excluding carboxylic acids is 1.